The molecule has 0 radical (unpaired) electrons. The molecule has 0 fully saturated rings. The summed E-state index contributed by atoms with van der Waals surface area (Å²) >= 11 is 0. The van der Waals surface area contributed by atoms with Crippen LogP contribution in [-0.4, -0.2) is 18.2 Å². The normalized spacial score (nSPS) is 10.2. The van der Waals surface area contributed by atoms with E-state index < -0.39 is 11.2 Å². The summed E-state index contributed by atoms with van der Waals surface area (Å²) in [5, 5.41) is 3.07. The Morgan fingerprint density at radius 3 is 2.36 bits per heavy atom. The number of carbonyl (C=O) groups excluding carboxylic acids is 2. The zero-order valence-electron chi connectivity index (χ0n) is 14.6. The number of anilines is 2. The molecule has 3 N–H and O–H groups in total. The van der Waals surface area contributed by atoms with Crippen molar-refractivity contribution in [3.63, 3.8) is 0 Å². The summed E-state index contributed by atoms with van der Waals surface area (Å²) in [6, 6.07) is 7.07. The van der Waals surface area contributed by atoms with Gasteiger partial charge in [0.15, 0.2) is 11.2 Å². The fraction of sp³-hybridized carbons (Fsp3) is 0.278. The van der Waals surface area contributed by atoms with Gasteiger partial charge < -0.3 is 9.73 Å². The van der Waals surface area contributed by atoms with Crippen molar-refractivity contribution in [2.24, 2.45) is 0 Å². The molecule has 7 nitrogen and oxygen atoms in total. The van der Waals surface area contributed by atoms with Crippen LogP contribution in [0.25, 0.3) is 0 Å². The van der Waals surface area contributed by atoms with E-state index in [0.717, 1.165) is 16.8 Å². The number of nitrogens with one attached hydrogen (secondary N) is 3. The van der Waals surface area contributed by atoms with Crippen LogP contribution in [0.15, 0.2) is 33.5 Å². The van der Waals surface area contributed by atoms with Crippen molar-refractivity contribution in [2.45, 2.75) is 27.7 Å². The number of Topliss-reactive ketones (excluding diaryl/α,β-unsaturated/α-hetero) is 1. The number of hydrogen-bond acceptors (Lipinski definition) is 6. The minimum atomic E-state index is -0.457. The van der Waals surface area contributed by atoms with Gasteiger partial charge in [-0.25, -0.2) is 0 Å². The Hall–Kier alpha value is -3.09. The average molecular weight is 343 g/mol. The van der Waals surface area contributed by atoms with E-state index in [1.165, 1.54) is 13.0 Å². The number of rotatable bonds is 6. The highest BCUT2D eigenvalue weighted by molar-refractivity contribution is 5.98. The van der Waals surface area contributed by atoms with Crippen molar-refractivity contribution < 1.29 is 14.0 Å². The van der Waals surface area contributed by atoms with E-state index in [1.54, 1.807) is 6.92 Å². The summed E-state index contributed by atoms with van der Waals surface area (Å²) in [7, 11) is 0. The predicted octanol–water partition coefficient (Wildman–Crippen LogP) is 2.32. The third-order valence-electron chi connectivity index (χ3n) is 3.65. The van der Waals surface area contributed by atoms with Crippen molar-refractivity contribution in [1.29, 1.82) is 0 Å². The quantitative estimate of drug-likeness (QED) is 0.550. The molecule has 0 aliphatic heterocycles. The van der Waals surface area contributed by atoms with Gasteiger partial charge in [-0.1, -0.05) is 18.2 Å². The Kier molecular flexibility index (Phi) is 5.59. The smallest absolute Gasteiger partial charge is 0.257 e. The largest absolute Gasteiger partial charge is 0.443 e. The number of hydrazine groups is 1. The topological polar surface area (TPSA) is 100 Å². The highest BCUT2D eigenvalue weighted by Gasteiger charge is 2.16. The lowest BCUT2D eigenvalue weighted by Gasteiger charge is -2.14. The Morgan fingerprint density at radius 2 is 1.76 bits per heavy atom. The first-order valence-corrected chi connectivity index (χ1v) is 7.80. The van der Waals surface area contributed by atoms with Crippen LogP contribution in [-0.2, 0) is 4.79 Å². The van der Waals surface area contributed by atoms with Crippen molar-refractivity contribution in [2.75, 3.05) is 17.3 Å². The molecule has 1 aromatic heterocycles. The van der Waals surface area contributed by atoms with E-state index >= 15 is 0 Å². The average Bonchev–Trinajstić information content (AvgIpc) is 2.51. The molecular weight excluding hydrogens is 322 g/mol. The molecule has 25 heavy (non-hydrogen) atoms. The van der Waals surface area contributed by atoms with Crippen molar-refractivity contribution in [3.05, 3.63) is 56.9 Å². The molecule has 7 heteroatoms. The summed E-state index contributed by atoms with van der Waals surface area (Å²) in [5.41, 5.74) is 7.30. The zero-order chi connectivity index (χ0) is 18.6. The van der Waals surface area contributed by atoms with Crippen LogP contribution in [0, 0.1) is 20.8 Å². The van der Waals surface area contributed by atoms with Crippen LogP contribution in [0.4, 0.5) is 11.6 Å². The van der Waals surface area contributed by atoms with Crippen molar-refractivity contribution >= 4 is 23.3 Å². The molecule has 0 bridgehead atoms. The molecule has 0 spiro atoms. The van der Waals surface area contributed by atoms with Crippen LogP contribution in [0.5, 0.6) is 0 Å². The van der Waals surface area contributed by atoms with Gasteiger partial charge in [0.05, 0.1) is 6.54 Å². The lowest BCUT2D eigenvalue weighted by atomic mass is 10.1. The Balaban J connectivity index is 2.04. The van der Waals surface area contributed by atoms with Crippen LogP contribution < -0.4 is 21.6 Å². The molecule has 2 rings (SSSR count). The summed E-state index contributed by atoms with van der Waals surface area (Å²) in [4.78, 5) is 35.5. The van der Waals surface area contributed by atoms with Gasteiger partial charge in [-0.05, 0) is 38.8 Å². The van der Waals surface area contributed by atoms with Crippen LogP contribution in [0.2, 0.25) is 0 Å². The van der Waals surface area contributed by atoms with Crippen LogP contribution in [0.3, 0.4) is 0 Å². The Bertz CT molecular complexity index is 851. The maximum absolute atomic E-state index is 12.0. The predicted molar refractivity (Wildman–Crippen MR) is 95.9 cm³/mol. The summed E-state index contributed by atoms with van der Waals surface area (Å²) in [5.74, 6) is -0.557. The van der Waals surface area contributed by atoms with E-state index in [0.29, 0.717) is 5.76 Å². The molecule has 0 saturated heterocycles. The van der Waals surface area contributed by atoms with E-state index in [2.05, 4.69) is 16.2 Å². The van der Waals surface area contributed by atoms with Crippen LogP contribution >= 0.6 is 0 Å². The maximum atomic E-state index is 12.0. The number of benzene rings is 1. The first-order chi connectivity index (χ1) is 11.8. The van der Waals surface area contributed by atoms with E-state index in [4.69, 9.17) is 4.42 Å². The summed E-state index contributed by atoms with van der Waals surface area (Å²) in [6.07, 6.45) is 0. The third kappa shape index (κ3) is 4.47. The fourth-order valence-corrected chi connectivity index (χ4v) is 2.46. The number of aryl methyl sites for hydroxylation is 3. The minimum Gasteiger partial charge on any atom is -0.443 e. The van der Waals surface area contributed by atoms with Crippen molar-refractivity contribution in [3.8, 4) is 0 Å². The number of ketones is 1. The zero-order valence-corrected chi connectivity index (χ0v) is 14.6. The van der Waals surface area contributed by atoms with E-state index in [9.17, 15) is 14.4 Å². The number of carbonyl (C=O) groups is 2. The Morgan fingerprint density at radius 1 is 1.12 bits per heavy atom. The number of amides is 1. The highest BCUT2D eigenvalue weighted by Crippen LogP contribution is 2.19. The lowest BCUT2D eigenvalue weighted by Crippen LogP contribution is -2.35. The second-order valence-electron chi connectivity index (χ2n) is 5.78. The van der Waals surface area contributed by atoms with Gasteiger partial charge in [0.25, 0.3) is 5.91 Å². The van der Waals surface area contributed by atoms with Crippen LogP contribution in [0.1, 0.15) is 34.2 Å². The molecule has 0 unspecified atom stereocenters. The molecule has 1 amide bonds. The highest BCUT2D eigenvalue weighted by atomic mass is 16.4. The first-order valence-electron chi connectivity index (χ1n) is 7.80. The van der Waals surface area contributed by atoms with Crippen molar-refractivity contribution in [1.82, 2.24) is 5.43 Å². The third-order valence-corrected chi connectivity index (χ3v) is 3.65. The fourth-order valence-electron chi connectivity index (χ4n) is 2.46. The van der Waals surface area contributed by atoms with Gasteiger partial charge >= 0.3 is 0 Å². The molecule has 0 aliphatic carbocycles. The summed E-state index contributed by atoms with van der Waals surface area (Å²) < 4.78 is 5.33. The number of para-hydroxylation sites is 1. The lowest BCUT2D eigenvalue weighted by molar-refractivity contribution is -0.118. The second kappa shape index (κ2) is 7.65. The standard InChI is InChI=1S/C18H21N3O4/c1-10-6-5-7-11(2)17(10)19-9-15(24)20-21-18-16(13(4)22)14(23)8-12(3)25-18/h5-8,19,21H,9H2,1-4H3,(H,20,24). The minimum absolute atomic E-state index is 0.0180. The van der Waals surface area contributed by atoms with Gasteiger partial charge in [0.2, 0.25) is 5.88 Å². The molecule has 2 aromatic rings. The molecule has 1 aromatic carbocycles. The number of hydrogen-bond donors (Lipinski definition) is 3. The second-order valence-corrected chi connectivity index (χ2v) is 5.78. The summed E-state index contributed by atoms with van der Waals surface area (Å²) in [6.45, 7) is 6.76. The maximum Gasteiger partial charge on any atom is 0.257 e. The molecule has 1 heterocycles. The first kappa shape index (κ1) is 18.3. The van der Waals surface area contributed by atoms with Gasteiger partial charge in [-0.15, -0.1) is 0 Å². The van der Waals surface area contributed by atoms with E-state index in [1.807, 2.05) is 32.0 Å². The van der Waals surface area contributed by atoms with Gasteiger partial charge in [-0.3, -0.25) is 25.2 Å². The van der Waals surface area contributed by atoms with Gasteiger partial charge in [0, 0.05) is 11.8 Å². The monoisotopic (exact) mass is 343 g/mol. The van der Waals surface area contributed by atoms with Gasteiger partial charge in [0.1, 0.15) is 11.3 Å². The Labute approximate surface area is 145 Å². The van der Waals surface area contributed by atoms with Gasteiger partial charge in [-0.2, -0.15) is 0 Å². The molecule has 0 saturated carbocycles. The van der Waals surface area contributed by atoms with E-state index in [-0.39, 0.29) is 23.9 Å². The molecule has 0 aliphatic rings. The SMILES string of the molecule is CC(=O)c1c(NNC(=O)CNc2c(C)cccc2C)oc(C)cc1=O. The molecule has 132 valence electrons. The molecular formula is C18H21N3O4. The molecule has 0 atom stereocenters.